The third-order valence-electron chi connectivity index (χ3n) is 7.61. The number of rotatable bonds is 8. The number of morpholine rings is 1. The second-order valence-corrected chi connectivity index (χ2v) is 12.6. The first-order chi connectivity index (χ1) is 20.0. The van der Waals surface area contributed by atoms with Crippen molar-refractivity contribution >= 4 is 45.8 Å². The Labute approximate surface area is 246 Å². The van der Waals surface area contributed by atoms with Crippen molar-refractivity contribution in [3.05, 3.63) is 41.1 Å². The molecule has 10 nitrogen and oxygen atoms in total. The first-order valence-electron chi connectivity index (χ1n) is 14.0. The topological polar surface area (TPSA) is 90.6 Å². The summed E-state index contributed by atoms with van der Waals surface area (Å²) in [5.74, 6) is 1.15. The number of aryl methyl sites for hydroxylation is 1. The van der Waals surface area contributed by atoms with Crippen LogP contribution in [0.25, 0.3) is 5.65 Å². The molecular weight excluding hydrogens is 569 g/mol. The summed E-state index contributed by atoms with van der Waals surface area (Å²) in [6, 6.07) is 6.07. The molecule has 2 saturated heterocycles. The van der Waals surface area contributed by atoms with Crippen molar-refractivity contribution in [3.63, 3.8) is 0 Å². The van der Waals surface area contributed by atoms with Gasteiger partial charge in [-0.2, -0.15) is 17.7 Å². The fourth-order valence-corrected chi connectivity index (χ4v) is 6.23. The van der Waals surface area contributed by atoms with E-state index in [1.807, 2.05) is 30.0 Å². The average Bonchev–Trinajstić information content (AvgIpc) is 3.27. The minimum Gasteiger partial charge on any atom is -0.378 e. The minimum absolute atomic E-state index is 0.0774. The van der Waals surface area contributed by atoms with Crippen molar-refractivity contribution in [2.75, 3.05) is 70.0 Å². The highest BCUT2D eigenvalue weighted by molar-refractivity contribution is 7.84. The lowest BCUT2D eigenvalue weighted by atomic mass is 10.0. The average molecular weight is 607 g/mol. The van der Waals surface area contributed by atoms with Gasteiger partial charge in [0.25, 0.3) is 0 Å². The number of nitrogens with zero attached hydrogens (tertiary/aromatic N) is 7. The van der Waals surface area contributed by atoms with Crippen LogP contribution in [0.15, 0.2) is 29.3 Å². The van der Waals surface area contributed by atoms with E-state index in [0.717, 1.165) is 6.07 Å². The molecular formula is C28H37F3N8O2S. The van der Waals surface area contributed by atoms with E-state index in [1.54, 1.807) is 30.1 Å². The van der Waals surface area contributed by atoms with Gasteiger partial charge >= 0.3 is 6.18 Å². The van der Waals surface area contributed by atoms with E-state index in [1.165, 1.54) is 6.07 Å². The Balaban J connectivity index is 1.56. The van der Waals surface area contributed by atoms with Crippen molar-refractivity contribution in [1.29, 1.82) is 0 Å². The molecule has 0 radical (unpaired) electrons. The van der Waals surface area contributed by atoms with Crippen LogP contribution < -0.4 is 10.2 Å². The van der Waals surface area contributed by atoms with Gasteiger partial charge < -0.3 is 19.9 Å². The van der Waals surface area contributed by atoms with Crippen LogP contribution in [-0.4, -0.2) is 99.9 Å². The zero-order valence-corrected chi connectivity index (χ0v) is 25.1. The fourth-order valence-electron chi connectivity index (χ4n) is 5.35. The molecule has 2 aliphatic rings. The predicted octanol–water partition coefficient (Wildman–Crippen LogP) is 4.20. The number of aromatic nitrogens is 3. The van der Waals surface area contributed by atoms with Gasteiger partial charge in [-0.15, -0.1) is 5.10 Å². The summed E-state index contributed by atoms with van der Waals surface area (Å²) in [6.45, 7) is 5.55. The van der Waals surface area contributed by atoms with Gasteiger partial charge in [0.1, 0.15) is 5.69 Å². The third-order valence-corrected chi connectivity index (χ3v) is 9.02. The van der Waals surface area contributed by atoms with Gasteiger partial charge in [0.15, 0.2) is 17.3 Å². The number of imidazole rings is 1. The molecule has 1 aromatic carbocycles. The van der Waals surface area contributed by atoms with Gasteiger partial charge in [0.05, 0.1) is 30.8 Å². The van der Waals surface area contributed by atoms with Crippen molar-refractivity contribution in [2.24, 2.45) is 4.99 Å². The highest BCUT2D eigenvalue weighted by atomic mass is 32.2. The van der Waals surface area contributed by atoms with Gasteiger partial charge in [0.2, 0.25) is 0 Å². The normalized spacial score (nSPS) is 18.2. The molecule has 228 valence electrons. The molecule has 2 aliphatic heterocycles. The van der Waals surface area contributed by atoms with Crippen molar-refractivity contribution in [3.8, 4) is 0 Å². The maximum absolute atomic E-state index is 14.3. The van der Waals surface area contributed by atoms with Crippen LogP contribution in [-0.2, 0) is 28.3 Å². The van der Waals surface area contributed by atoms with E-state index in [0.29, 0.717) is 86.6 Å². The number of alkyl halides is 3. The lowest BCUT2D eigenvalue weighted by Crippen LogP contribution is -2.37. The van der Waals surface area contributed by atoms with Gasteiger partial charge in [-0.05, 0) is 45.0 Å². The maximum Gasteiger partial charge on any atom is 0.416 e. The van der Waals surface area contributed by atoms with Crippen molar-refractivity contribution < 1.29 is 22.1 Å². The number of halogens is 3. The number of fused-ring (bicyclic) bond motifs is 1. The largest absolute Gasteiger partial charge is 0.416 e. The van der Waals surface area contributed by atoms with Crippen LogP contribution in [0.4, 0.5) is 36.2 Å². The van der Waals surface area contributed by atoms with E-state index < -0.39 is 22.5 Å². The minimum atomic E-state index is -4.53. The lowest BCUT2D eigenvalue weighted by molar-refractivity contribution is -0.138. The fraction of sp³-hybridized carbons (Fsp3) is 0.536. The molecule has 4 heterocycles. The van der Waals surface area contributed by atoms with Gasteiger partial charge in [-0.1, -0.05) is 6.07 Å². The summed E-state index contributed by atoms with van der Waals surface area (Å²) in [6.07, 6.45) is 0.224. The monoisotopic (exact) mass is 606 g/mol. The molecule has 0 spiro atoms. The van der Waals surface area contributed by atoms with E-state index >= 15 is 0 Å². The zero-order valence-electron chi connectivity index (χ0n) is 24.3. The number of piperidine rings is 1. The van der Waals surface area contributed by atoms with Crippen LogP contribution in [0.1, 0.15) is 29.7 Å². The molecule has 1 N–H and O–H groups in total. The summed E-state index contributed by atoms with van der Waals surface area (Å²) in [7, 11) is 2.79. The number of ether oxygens (including phenoxy) is 1. The molecule has 5 rings (SSSR count). The standard InChI is InChI=1S/C28H37F3N8O2S/c1-19-26(39-27(33-19)24(32-18-36(2)3)16-25(35-39)38-12-14-41-15-13-38)34-23-7-5-6-22(28(29,30)31)21(23)17-37-10-8-20(9-11-37)42(4)40/h5-7,16,18,20,34H,8-15,17H2,1-4H3. The summed E-state index contributed by atoms with van der Waals surface area (Å²) in [4.78, 5) is 15.3. The van der Waals surface area contributed by atoms with Crippen molar-refractivity contribution in [2.45, 2.75) is 37.7 Å². The highest BCUT2D eigenvalue weighted by Crippen LogP contribution is 2.38. The Bertz CT molecular complexity index is 1460. The smallest absolute Gasteiger partial charge is 0.378 e. The van der Waals surface area contributed by atoms with E-state index in [9.17, 15) is 17.4 Å². The highest BCUT2D eigenvalue weighted by Gasteiger charge is 2.35. The summed E-state index contributed by atoms with van der Waals surface area (Å²) < 4.78 is 61.9. The molecule has 2 aromatic heterocycles. The van der Waals surface area contributed by atoms with E-state index in [-0.39, 0.29) is 17.4 Å². The zero-order chi connectivity index (χ0) is 30.0. The summed E-state index contributed by atoms with van der Waals surface area (Å²) in [5, 5.41) is 8.21. The maximum atomic E-state index is 14.3. The van der Waals surface area contributed by atoms with E-state index in [2.05, 4.69) is 15.2 Å². The Kier molecular flexibility index (Phi) is 9.04. The van der Waals surface area contributed by atoms with Gasteiger partial charge in [0, 0.05) is 73.4 Å². The molecule has 0 saturated carbocycles. The number of anilines is 3. The Morgan fingerprint density at radius 1 is 1.19 bits per heavy atom. The number of likely N-dealkylation sites (tertiary alicyclic amines) is 1. The second-order valence-electron chi connectivity index (χ2n) is 10.9. The molecule has 0 bridgehead atoms. The van der Waals surface area contributed by atoms with Crippen LogP contribution >= 0.6 is 0 Å². The van der Waals surface area contributed by atoms with Crippen LogP contribution in [0.2, 0.25) is 0 Å². The predicted molar refractivity (Wildman–Crippen MR) is 160 cm³/mol. The number of benzene rings is 1. The molecule has 3 aromatic rings. The third kappa shape index (κ3) is 6.70. The molecule has 14 heteroatoms. The molecule has 42 heavy (non-hydrogen) atoms. The summed E-state index contributed by atoms with van der Waals surface area (Å²) >= 11 is 0. The Hall–Kier alpha value is -3.23. The Morgan fingerprint density at radius 3 is 2.55 bits per heavy atom. The number of hydrogen-bond acceptors (Lipinski definition) is 8. The SMILES string of the molecule is Cc1nc2c(N=CN(C)C)cc(N3CCOCC3)nn2c1Nc1cccc(C(F)(F)F)c1CN1CCC(S(C)=O)CC1. The number of nitrogens with one attached hydrogen (secondary N) is 1. The number of hydrogen-bond donors (Lipinski definition) is 1. The second kappa shape index (κ2) is 12.6. The van der Waals surface area contributed by atoms with Crippen LogP contribution in [0.5, 0.6) is 0 Å². The number of aliphatic imine (C=N–C) groups is 1. The molecule has 2 fully saturated rings. The van der Waals surface area contributed by atoms with Gasteiger partial charge in [-0.3, -0.25) is 9.11 Å². The first-order valence-corrected chi connectivity index (χ1v) is 15.6. The van der Waals surface area contributed by atoms with Gasteiger partial charge in [-0.25, -0.2) is 9.98 Å². The van der Waals surface area contributed by atoms with E-state index in [4.69, 9.17) is 14.8 Å². The first kappa shape index (κ1) is 30.2. The van der Waals surface area contributed by atoms with Crippen LogP contribution in [0.3, 0.4) is 0 Å². The molecule has 0 aliphatic carbocycles. The summed E-state index contributed by atoms with van der Waals surface area (Å²) in [5.41, 5.74) is 1.49. The molecule has 0 amide bonds. The van der Waals surface area contributed by atoms with Crippen LogP contribution in [0, 0.1) is 6.92 Å². The molecule has 1 atom stereocenters. The quantitative estimate of drug-likeness (QED) is 0.302. The van der Waals surface area contributed by atoms with Crippen molar-refractivity contribution in [1.82, 2.24) is 24.4 Å². The Morgan fingerprint density at radius 2 is 1.90 bits per heavy atom. The molecule has 1 unspecified atom stereocenters. The lowest BCUT2D eigenvalue weighted by Gasteiger charge is -2.32.